The Kier molecular flexibility index (Phi) is 3.60. The molecule has 0 radical (unpaired) electrons. The van der Waals surface area contributed by atoms with Gasteiger partial charge in [-0.1, -0.05) is 13.0 Å². The maximum Gasteiger partial charge on any atom is 0.138 e. The number of imidazole rings is 1. The maximum atomic E-state index is 4.57. The molecule has 3 rings (SSSR count). The van der Waals surface area contributed by atoms with E-state index in [1.165, 1.54) is 29.8 Å². The first kappa shape index (κ1) is 12.4. The van der Waals surface area contributed by atoms with Gasteiger partial charge in [0, 0.05) is 18.4 Å². The normalized spacial score (nSPS) is 14.4. The number of aromatic nitrogens is 3. The predicted octanol–water partition coefficient (Wildman–Crippen LogP) is 2.26. The largest absolute Gasteiger partial charge is 0.313 e. The topological polar surface area (TPSA) is 42.7 Å². The molecule has 0 saturated heterocycles. The average molecular weight is 256 g/mol. The molecule has 4 nitrogen and oxygen atoms in total. The molecular weight excluding hydrogens is 236 g/mol. The summed E-state index contributed by atoms with van der Waals surface area (Å²) in [6.45, 7) is 3.97. The number of hydrogen-bond acceptors (Lipinski definition) is 3. The molecule has 1 N–H and O–H groups in total. The van der Waals surface area contributed by atoms with Gasteiger partial charge in [0.2, 0.25) is 0 Å². The fourth-order valence-electron chi connectivity index (χ4n) is 2.60. The lowest BCUT2D eigenvalue weighted by molar-refractivity contribution is 0.654. The molecule has 2 heterocycles. The number of hydrogen-bond donors (Lipinski definition) is 1. The molecule has 0 aromatic carbocycles. The van der Waals surface area contributed by atoms with Crippen molar-refractivity contribution < 1.29 is 0 Å². The molecule has 0 bridgehead atoms. The van der Waals surface area contributed by atoms with Crippen molar-refractivity contribution in [2.75, 3.05) is 6.54 Å². The van der Waals surface area contributed by atoms with Crippen LogP contribution in [0.1, 0.15) is 36.7 Å². The Morgan fingerprint density at radius 3 is 2.89 bits per heavy atom. The van der Waals surface area contributed by atoms with Gasteiger partial charge in [0.1, 0.15) is 12.1 Å². The van der Waals surface area contributed by atoms with Crippen molar-refractivity contribution in [2.45, 2.75) is 39.2 Å². The molecule has 0 aliphatic heterocycles. The van der Waals surface area contributed by atoms with Crippen LogP contribution in [-0.2, 0) is 19.4 Å². The first-order valence-electron chi connectivity index (χ1n) is 7.09. The maximum absolute atomic E-state index is 4.57. The van der Waals surface area contributed by atoms with E-state index in [1.807, 2.05) is 12.5 Å². The van der Waals surface area contributed by atoms with E-state index >= 15 is 0 Å². The molecule has 1 aliphatic carbocycles. The van der Waals surface area contributed by atoms with Gasteiger partial charge in [-0.15, -0.1) is 0 Å². The molecule has 2 aromatic rings. The number of nitrogens with one attached hydrogen (secondary N) is 1. The second kappa shape index (κ2) is 5.53. The number of rotatable bonds is 4. The first-order valence-corrected chi connectivity index (χ1v) is 7.09. The van der Waals surface area contributed by atoms with E-state index in [1.54, 1.807) is 0 Å². The summed E-state index contributed by atoms with van der Waals surface area (Å²) in [6.07, 6.45) is 8.63. The van der Waals surface area contributed by atoms with Crippen LogP contribution in [0.5, 0.6) is 0 Å². The summed E-state index contributed by atoms with van der Waals surface area (Å²) in [5.41, 5.74) is 3.82. The van der Waals surface area contributed by atoms with Crippen molar-refractivity contribution >= 4 is 0 Å². The first-order chi connectivity index (χ1) is 9.38. The number of fused-ring (bicyclic) bond motifs is 1. The van der Waals surface area contributed by atoms with Gasteiger partial charge in [0.05, 0.1) is 5.69 Å². The Labute approximate surface area is 113 Å². The molecule has 0 unspecified atom stereocenters. The minimum Gasteiger partial charge on any atom is -0.313 e. The monoisotopic (exact) mass is 256 g/mol. The Bertz CT molecular complexity index is 542. The van der Waals surface area contributed by atoms with Gasteiger partial charge in [-0.05, 0) is 43.9 Å². The van der Waals surface area contributed by atoms with Gasteiger partial charge in [0.15, 0.2) is 0 Å². The molecule has 0 spiro atoms. The van der Waals surface area contributed by atoms with E-state index in [-0.39, 0.29) is 0 Å². The van der Waals surface area contributed by atoms with E-state index in [2.05, 4.69) is 38.9 Å². The SMILES string of the molecule is CCNCc1ccc(-n2cnc3c2CCCC3)nc1. The zero-order valence-electron chi connectivity index (χ0n) is 11.4. The van der Waals surface area contributed by atoms with E-state index < -0.39 is 0 Å². The number of nitrogens with zero attached hydrogens (tertiary/aromatic N) is 3. The van der Waals surface area contributed by atoms with Gasteiger partial charge < -0.3 is 5.32 Å². The molecule has 4 heteroatoms. The van der Waals surface area contributed by atoms with Crippen LogP contribution in [0.3, 0.4) is 0 Å². The van der Waals surface area contributed by atoms with Crippen LogP contribution in [0.25, 0.3) is 5.82 Å². The van der Waals surface area contributed by atoms with Crippen LogP contribution in [0.2, 0.25) is 0 Å². The third-order valence-corrected chi connectivity index (χ3v) is 3.67. The van der Waals surface area contributed by atoms with E-state index in [0.717, 1.165) is 31.7 Å². The summed E-state index contributed by atoms with van der Waals surface area (Å²) in [5.74, 6) is 0.982. The highest BCUT2D eigenvalue weighted by molar-refractivity contribution is 5.31. The zero-order chi connectivity index (χ0) is 13.1. The van der Waals surface area contributed by atoms with E-state index in [0.29, 0.717) is 0 Å². The minimum atomic E-state index is 0.881. The predicted molar refractivity (Wildman–Crippen MR) is 75.4 cm³/mol. The quantitative estimate of drug-likeness (QED) is 0.912. The van der Waals surface area contributed by atoms with Gasteiger partial charge >= 0.3 is 0 Å². The standard InChI is InChI=1S/C15H20N4/c1-2-16-9-12-7-8-15(17-10-12)19-11-18-13-5-3-4-6-14(13)19/h7-8,10-11,16H,2-6,9H2,1H3. The van der Waals surface area contributed by atoms with Crippen LogP contribution < -0.4 is 5.32 Å². The molecule has 2 aromatic heterocycles. The fraction of sp³-hybridized carbons (Fsp3) is 0.467. The summed E-state index contributed by atoms with van der Waals surface area (Å²) < 4.78 is 2.14. The van der Waals surface area contributed by atoms with E-state index in [9.17, 15) is 0 Å². The average Bonchev–Trinajstić information content (AvgIpc) is 2.90. The highest BCUT2D eigenvalue weighted by atomic mass is 15.1. The van der Waals surface area contributed by atoms with Gasteiger partial charge in [-0.25, -0.2) is 9.97 Å². The van der Waals surface area contributed by atoms with Crippen molar-refractivity contribution in [1.82, 2.24) is 19.9 Å². The molecule has 100 valence electrons. The fourth-order valence-corrected chi connectivity index (χ4v) is 2.60. The van der Waals surface area contributed by atoms with Crippen molar-refractivity contribution in [3.8, 4) is 5.82 Å². The van der Waals surface area contributed by atoms with Crippen LogP contribution in [0, 0.1) is 0 Å². The lowest BCUT2D eigenvalue weighted by atomic mass is 10.0. The van der Waals surface area contributed by atoms with Crippen molar-refractivity contribution in [1.29, 1.82) is 0 Å². The molecular formula is C15H20N4. The van der Waals surface area contributed by atoms with Crippen molar-refractivity contribution in [2.24, 2.45) is 0 Å². The van der Waals surface area contributed by atoms with Crippen LogP contribution in [0.4, 0.5) is 0 Å². The summed E-state index contributed by atoms with van der Waals surface area (Å²) in [7, 11) is 0. The highest BCUT2D eigenvalue weighted by Crippen LogP contribution is 2.22. The molecule has 0 amide bonds. The Morgan fingerprint density at radius 2 is 2.11 bits per heavy atom. The molecule has 0 atom stereocenters. The third-order valence-electron chi connectivity index (χ3n) is 3.67. The molecule has 0 saturated carbocycles. The smallest absolute Gasteiger partial charge is 0.138 e. The Balaban J connectivity index is 1.84. The molecule has 19 heavy (non-hydrogen) atoms. The second-order valence-corrected chi connectivity index (χ2v) is 5.02. The Hall–Kier alpha value is -1.68. The lowest BCUT2D eigenvalue weighted by Crippen LogP contribution is -2.12. The van der Waals surface area contributed by atoms with E-state index in [4.69, 9.17) is 0 Å². The summed E-state index contributed by atoms with van der Waals surface area (Å²) in [6, 6.07) is 4.23. The summed E-state index contributed by atoms with van der Waals surface area (Å²) >= 11 is 0. The van der Waals surface area contributed by atoms with Crippen molar-refractivity contribution in [3.63, 3.8) is 0 Å². The second-order valence-electron chi connectivity index (χ2n) is 5.02. The van der Waals surface area contributed by atoms with Crippen LogP contribution in [0.15, 0.2) is 24.7 Å². The van der Waals surface area contributed by atoms with Crippen LogP contribution in [-0.4, -0.2) is 21.1 Å². The number of aryl methyl sites for hydroxylation is 1. The van der Waals surface area contributed by atoms with Gasteiger partial charge in [-0.2, -0.15) is 0 Å². The van der Waals surface area contributed by atoms with Gasteiger partial charge in [0.25, 0.3) is 0 Å². The zero-order valence-corrected chi connectivity index (χ0v) is 11.4. The highest BCUT2D eigenvalue weighted by Gasteiger charge is 2.16. The lowest BCUT2D eigenvalue weighted by Gasteiger charge is -2.13. The summed E-state index contributed by atoms with van der Waals surface area (Å²) in [4.78, 5) is 9.08. The minimum absolute atomic E-state index is 0.881. The number of pyridine rings is 1. The summed E-state index contributed by atoms with van der Waals surface area (Å²) in [5, 5.41) is 3.31. The van der Waals surface area contributed by atoms with Gasteiger partial charge in [-0.3, -0.25) is 4.57 Å². The third kappa shape index (κ3) is 2.54. The molecule has 1 aliphatic rings. The van der Waals surface area contributed by atoms with Crippen LogP contribution >= 0.6 is 0 Å². The Morgan fingerprint density at radius 1 is 1.21 bits per heavy atom. The molecule has 0 fully saturated rings. The van der Waals surface area contributed by atoms with Crippen molar-refractivity contribution in [3.05, 3.63) is 41.6 Å².